The lowest BCUT2D eigenvalue weighted by molar-refractivity contribution is 0.169. The number of rotatable bonds is 6. The van der Waals surface area contributed by atoms with Crippen LogP contribution >= 0.6 is 0 Å². The van der Waals surface area contributed by atoms with Gasteiger partial charge in [-0.1, -0.05) is 26.0 Å². The number of hydrogen-bond donors (Lipinski definition) is 2. The first-order valence-corrected chi connectivity index (χ1v) is 7.78. The van der Waals surface area contributed by atoms with Gasteiger partial charge in [-0.05, 0) is 36.5 Å². The Hall–Kier alpha value is -1.60. The Kier molecular flexibility index (Phi) is 5.97. The van der Waals surface area contributed by atoms with Crippen molar-refractivity contribution in [3.63, 3.8) is 0 Å². The topological polar surface area (TPSA) is 84.5 Å². The van der Waals surface area contributed by atoms with Gasteiger partial charge in [-0.15, -0.1) is 4.83 Å². The van der Waals surface area contributed by atoms with E-state index in [1.165, 1.54) is 12.1 Å². The number of methoxy groups -OCH3 is 1. The summed E-state index contributed by atoms with van der Waals surface area (Å²) < 4.78 is 28.0. The predicted molar refractivity (Wildman–Crippen MR) is 75.5 cm³/mol. The van der Waals surface area contributed by atoms with Crippen LogP contribution < -0.4 is 10.3 Å². The van der Waals surface area contributed by atoms with Crippen LogP contribution in [0.4, 0.5) is 4.79 Å². The number of nitrogens with one attached hydrogen (secondary N) is 2. The molecule has 0 radical (unpaired) electrons. The Morgan fingerprint density at radius 1 is 1.25 bits per heavy atom. The molecule has 1 aromatic rings. The van der Waals surface area contributed by atoms with E-state index in [1.54, 1.807) is 12.1 Å². The van der Waals surface area contributed by atoms with Gasteiger partial charge in [0.15, 0.2) is 0 Å². The summed E-state index contributed by atoms with van der Waals surface area (Å²) in [5.74, 6) is 0.601. The molecular formula is C13H20N2O4S. The molecule has 0 fully saturated rings. The lowest BCUT2D eigenvalue weighted by Gasteiger charge is -2.09. The number of ether oxygens (including phenoxy) is 1. The normalized spacial score (nSPS) is 11.4. The summed E-state index contributed by atoms with van der Waals surface area (Å²) in [6.07, 6.45) is 1.09. The number of amides is 1. The van der Waals surface area contributed by atoms with E-state index in [1.807, 2.05) is 10.3 Å². The molecular weight excluding hydrogens is 280 g/mol. The molecule has 1 rings (SSSR count). The molecule has 2 N–H and O–H groups in total. The largest absolute Gasteiger partial charge is 0.452 e. The zero-order valence-electron chi connectivity index (χ0n) is 11.8. The number of aryl methyl sites for hydroxylation is 1. The Morgan fingerprint density at radius 3 is 2.35 bits per heavy atom. The van der Waals surface area contributed by atoms with Crippen LogP contribution in [0.5, 0.6) is 0 Å². The second kappa shape index (κ2) is 7.25. The maximum atomic E-state index is 11.8. The van der Waals surface area contributed by atoms with E-state index in [0.29, 0.717) is 5.92 Å². The summed E-state index contributed by atoms with van der Waals surface area (Å²) in [6, 6.07) is 6.57. The first kappa shape index (κ1) is 16.5. The molecule has 0 atom stereocenters. The third-order valence-electron chi connectivity index (χ3n) is 2.72. The van der Waals surface area contributed by atoms with Crippen LogP contribution in [0.15, 0.2) is 29.2 Å². The van der Waals surface area contributed by atoms with E-state index in [4.69, 9.17) is 0 Å². The van der Waals surface area contributed by atoms with Crippen LogP contribution in [0.25, 0.3) is 0 Å². The number of carbonyl (C=O) groups excluding carboxylic acids is 1. The van der Waals surface area contributed by atoms with Crippen LogP contribution in [-0.4, -0.2) is 21.6 Å². The molecule has 0 aliphatic rings. The van der Waals surface area contributed by atoms with Crippen LogP contribution in [0.2, 0.25) is 0 Å². The van der Waals surface area contributed by atoms with Gasteiger partial charge >= 0.3 is 6.09 Å². The minimum Gasteiger partial charge on any atom is -0.452 e. The Morgan fingerprint density at radius 2 is 1.85 bits per heavy atom. The third kappa shape index (κ3) is 5.18. The van der Waals surface area contributed by atoms with Gasteiger partial charge in [0.05, 0.1) is 12.0 Å². The van der Waals surface area contributed by atoms with E-state index in [0.717, 1.165) is 25.5 Å². The standard InChI is InChI=1S/C13H20N2O4S/c1-10(2)4-5-11-6-8-12(9-7-11)20(17,18)15-14-13(16)19-3/h6-10,15H,4-5H2,1-3H3,(H,14,16). The summed E-state index contributed by atoms with van der Waals surface area (Å²) >= 11 is 0. The molecule has 0 aliphatic carbocycles. The molecule has 20 heavy (non-hydrogen) atoms. The molecule has 1 aromatic carbocycles. The molecule has 0 heterocycles. The lowest BCUT2D eigenvalue weighted by atomic mass is 10.0. The number of hydrazine groups is 1. The minimum atomic E-state index is -3.78. The van der Waals surface area contributed by atoms with Crippen molar-refractivity contribution in [1.82, 2.24) is 10.3 Å². The van der Waals surface area contributed by atoms with E-state index in [9.17, 15) is 13.2 Å². The van der Waals surface area contributed by atoms with Gasteiger partial charge in [-0.3, -0.25) is 0 Å². The number of sulfonamides is 1. The van der Waals surface area contributed by atoms with E-state index in [-0.39, 0.29) is 4.90 Å². The van der Waals surface area contributed by atoms with Gasteiger partial charge in [-0.25, -0.2) is 18.6 Å². The van der Waals surface area contributed by atoms with Crippen molar-refractivity contribution < 1.29 is 17.9 Å². The summed E-state index contributed by atoms with van der Waals surface area (Å²) in [5.41, 5.74) is 3.01. The SMILES string of the molecule is COC(=O)NNS(=O)(=O)c1ccc(CCC(C)C)cc1. The molecule has 112 valence electrons. The quantitative estimate of drug-likeness (QED) is 0.785. The summed E-state index contributed by atoms with van der Waals surface area (Å²) in [4.78, 5) is 12.9. The molecule has 7 heteroatoms. The fourth-order valence-corrected chi connectivity index (χ4v) is 2.34. The van der Waals surface area contributed by atoms with Gasteiger partial charge in [0.1, 0.15) is 0 Å². The first-order valence-electron chi connectivity index (χ1n) is 6.30. The van der Waals surface area contributed by atoms with Crippen molar-refractivity contribution in [2.45, 2.75) is 31.6 Å². The highest BCUT2D eigenvalue weighted by Gasteiger charge is 2.14. The smallest absolute Gasteiger partial charge is 0.422 e. The number of carbonyl (C=O) groups is 1. The molecule has 0 saturated carbocycles. The minimum absolute atomic E-state index is 0.0854. The second-order valence-corrected chi connectivity index (χ2v) is 6.48. The van der Waals surface area contributed by atoms with Crippen molar-refractivity contribution in [3.8, 4) is 0 Å². The summed E-state index contributed by atoms with van der Waals surface area (Å²) in [7, 11) is -2.63. The van der Waals surface area contributed by atoms with Gasteiger partial charge in [0.25, 0.3) is 10.0 Å². The van der Waals surface area contributed by atoms with Crippen molar-refractivity contribution in [2.75, 3.05) is 7.11 Å². The van der Waals surface area contributed by atoms with Gasteiger partial charge in [0, 0.05) is 0 Å². The van der Waals surface area contributed by atoms with Crippen LogP contribution in [-0.2, 0) is 21.2 Å². The van der Waals surface area contributed by atoms with E-state index >= 15 is 0 Å². The van der Waals surface area contributed by atoms with Crippen LogP contribution in [0, 0.1) is 5.92 Å². The molecule has 6 nitrogen and oxygen atoms in total. The van der Waals surface area contributed by atoms with Gasteiger partial charge in [-0.2, -0.15) is 0 Å². The fraction of sp³-hybridized carbons (Fsp3) is 0.462. The highest BCUT2D eigenvalue weighted by atomic mass is 32.2. The average Bonchev–Trinajstić information content (AvgIpc) is 2.43. The second-order valence-electron chi connectivity index (χ2n) is 4.80. The predicted octanol–water partition coefficient (Wildman–Crippen LogP) is 1.82. The highest BCUT2D eigenvalue weighted by molar-refractivity contribution is 7.89. The van der Waals surface area contributed by atoms with E-state index < -0.39 is 16.1 Å². The maximum Gasteiger partial charge on any atom is 0.422 e. The van der Waals surface area contributed by atoms with Crippen molar-refractivity contribution in [3.05, 3.63) is 29.8 Å². The number of hydrogen-bond acceptors (Lipinski definition) is 4. The number of benzene rings is 1. The molecule has 0 aromatic heterocycles. The zero-order valence-corrected chi connectivity index (χ0v) is 12.7. The Bertz CT molecular complexity index is 538. The molecule has 0 saturated heterocycles. The Balaban J connectivity index is 2.69. The highest BCUT2D eigenvalue weighted by Crippen LogP contribution is 2.13. The Labute approximate surface area is 119 Å². The van der Waals surface area contributed by atoms with Crippen LogP contribution in [0.3, 0.4) is 0 Å². The van der Waals surface area contributed by atoms with Crippen molar-refractivity contribution >= 4 is 16.1 Å². The molecule has 0 aliphatic heterocycles. The molecule has 1 amide bonds. The average molecular weight is 300 g/mol. The van der Waals surface area contributed by atoms with Crippen LogP contribution in [0.1, 0.15) is 25.8 Å². The maximum absolute atomic E-state index is 11.8. The summed E-state index contributed by atoms with van der Waals surface area (Å²) in [6.45, 7) is 4.28. The fourth-order valence-electron chi connectivity index (χ4n) is 1.51. The monoisotopic (exact) mass is 300 g/mol. The van der Waals surface area contributed by atoms with E-state index in [2.05, 4.69) is 18.6 Å². The van der Waals surface area contributed by atoms with Crippen molar-refractivity contribution in [1.29, 1.82) is 0 Å². The van der Waals surface area contributed by atoms with Crippen molar-refractivity contribution in [2.24, 2.45) is 5.92 Å². The summed E-state index contributed by atoms with van der Waals surface area (Å²) in [5, 5.41) is 0. The molecule has 0 unspecified atom stereocenters. The molecule has 0 bridgehead atoms. The lowest BCUT2D eigenvalue weighted by Crippen LogP contribution is -2.41. The van der Waals surface area contributed by atoms with Gasteiger partial charge < -0.3 is 4.74 Å². The zero-order chi connectivity index (χ0) is 15.2. The third-order valence-corrected chi connectivity index (χ3v) is 3.98. The van der Waals surface area contributed by atoms with Gasteiger partial charge in [0.2, 0.25) is 0 Å². The molecule has 0 spiro atoms. The first-order chi connectivity index (χ1) is 9.35.